The standard InChI is InChI=1S/C20H18F5N5O2.C3H8/c21-16(22)18-28-27-17(32-18)14-9-12(11-5-2-1-3-6-11)19(31)30(29-14)10-15-13(20(23,24)25)7-4-8-26-15;1-3-2/h4,7-9,11,16H,1-3,5-6,10H2;3H2,1-2H3. The fourth-order valence-electron chi connectivity index (χ4n) is 3.87. The Morgan fingerprint density at radius 2 is 1.83 bits per heavy atom. The van der Waals surface area contributed by atoms with Crippen molar-refractivity contribution in [1.82, 2.24) is 25.0 Å². The van der Waals surface area contributed by atoms with Crippen LogP contribution in [0.25, 0.3) is 11.6 Å². The molecule has 1 saturated carbocycles. The van der Waals surface area contributed by atoms with Gasteiger partial charge in [0.2, 0.25) is 0 Å². The maximum absolute atomic E-state index is 13.4. The molecular formula is C23H26F5N5O2. The SMILES string of the molecule is CCC.O=c1c(C2CCCCC2)cc(-c2nnc(C(F)F)o2)nn1Cc1ncccc1C(F)(F)F. The molecular weight excluding hydrogens is 473 g/mol. The van der Waals surface area contributed by atoms with Crippen LogP contribution in [0.3, 0.4) is 0 Å². The Bertz CT molecular complexity index is 1170. The highest BCUT2D eigenvalue weighted by Crippen LogP contribution is 2.33. The fraction of sp³-hybridized carbons (Fsp3) is 0.522. The van der Waals surface area contributed by atoms with Gasteiger partial charge in [0.1, 0.15) is 5.69 Å². The summed E-state index contributed by atoms with van der Waals surface area (Å²) in [6.45, 7) is 3.69. The molecule has 0 N–H and O–H groups in total. The maximum Gasteiger partial charge on any atom is 0.418 e. The van der Waals surface area contributed by atoms with Crippen molar-refractivity contribution in [2.75, 3.05) is 0 Å². The number of aromatic nitrogens is 5. The van der Waals surface area contributed by atoms with Gasteiger partial charge in [-0.25, -0.2) is 4.68 Å². The van der Waals surface area contributed by atoms with E-state index in [1.165, 1.54) is 18.7 Å². The third-order valence-corrected chi connectivity index (χ3v) is 5.39. The largest absolute Gasteiger partial charge is 0.418 e. The molecule has 1 fully saturated rings. The van der Waals surface area contributed by atoms with E-state index in [0.29, 0.717) is 5.56 Å². The summed E-state index contributed by atoms with van der Waals surface area (Å²) in [5.74, 6) is -1.39. The van der Waals surface area contributed by atoms with Crippen molar-refractivity contribution in [2.24, 2.45) is 0 Å². The van der Waals surface area contributed by atoms with Crippen LogP contribution in [0.4, 0.5) is 22.0 Å². The van der Waals surface area contributed by atoms with Crippen LogP contribution in [0.2, 0.25) is 0 Å². The molecule has 0 bridgehead atoms. The van der Waals surface area contributed by atoms with Crippen LogP contribution in [-0.4, -0.2) is 25.0 Å². The summed E-state index contributed by atoms with van der Waals surface area (Å²) >= 11 is 0. The van der Waals surface area contributed by atoms with Gasteiger partial charge in [0.05, 0.1) is 17.8 Å². The highest BCUT2D eigenvalue weighted by molar-refractivity contribution is 5.47. The summed E-state index contributed by atoms with van der Waals surface area (Å²) in [6, 6.07) is 3.42. The van der Waals surface area contributed by atoms with Crippen LogP contribution in [-0.2, 0) is 12.7 Å². The lowest BCUT2D eigenvalue weighted by Crippen LogP contribution is -2.30. The second kappa shape index (κ2) is 11.5. The second-order valence-corrected chi connectivity index (χ2v) is 8.23. The van der Waals surface area contributed by atoms with Crippen LogP contribution >= 0.6 is 0 Å². The molecule has 7 nitrogen and oxygen atoms in total. The van der Waals surface area contributed by atoms with Gasteiger partial charge in [-0.2, -0.15) is 27.1 Å². The third kappa shape index (κ3) is 6.49. The van der Waals surface area contributed by atoms with E-state index < -0.39 is 36.2 Å². The summed E-state index contributed by atoms with van der Waals surface area (Å²) in [4.78, 5) is 16.9. The van der Waals surface area contributed by atoms with Crippen molar-refractivity contribution in [1.29, 1.82) is 0 Å². The minimum absolute atomic E-state index is 0.0611. The lowest BCUT2D eigenvalue weighted by atomic mass is 9.84. The van der Waals surface area contributed by atoms with E-state index in [0.717, 1.165) is 48.9 Å². The van der Waals surface area contributed by atoms with Crippen molar-refractivity contribution < 1.29 is 26.4 Å². The summed E-state index contributed by atoms with van der Waals surface area (Å²) in [7, 11) is 0. The van der Waals surface area contributed by atoms with E-state index in [9.17, 15) is 26.7 Å². The Balaban J connectivity index is 0.00000108. The number of hydrogen-bond donors (Lipinski definition) is 0. The van der Waals surface area contributed by atoms with Crippen molar-refractivity contribution in [2.45, 2.75) is 77.4 Å². The van der Waals surface area contributed by atoms with Gasteiger partial charge in [-0.05, 0) is 37.0 Å². The number of halogens is 5. The van der Waals surface area contributed by atoms with Gasteiger partial charge in [-0.3, -0.25) is 9.78 Å². The monoisotopic (exact) mass is 499 g/mol. The predicted octanol–water partition coefficient (Wildman–Crippen LogP) is 6.16. The molecule has 1 aliphatic rings. The Morgan fingerprint density at radius 3 is 2.43 bits per heavy atom. The zero-order valence-corrected chi connectivity index (χ0v) is 19.4. The summed E-state index contributed by atoms with van der Waals surface area (Å²) in [6.07, 6.45) is -0.962. The van der Waals surface area contributed by atoms with Crippen molar-refractivity contribution in [3.63, 3.8) is 0 Å². The summed E-state index contributed by atoms with van der Waals surface area (Å²) in [5.41, 5.74) is -1.67. The first-order chi connectivity index (χ1) is 16.7. The molecule has 1 aliphatic carbocycles. The van der Waals surface area contributed by atoms with Gasteiger partial charge in [0.25, 0.3) is 17.3 Å². The van der Waals surface area contributed by atoms with E-state index in [-0.39, 0.29) is 23.2 Å². The minimum atomic E-state index is -4.67. The molecule has 190 valence electrons. The highest BCUT2D eigenvalue weighted by atomic mass is 19.4. The molecule has 4 rings (SSSR count). The molecule has 0 spiro atoms. The quantitative estimate of drug-likeness (QED) is 0.391. The van der Waals surface area contributed by atoms with E-state index in [1.807, 2.05) is 0 Å². The van der Waals surface area contributed by atoms with Gasteiger partial charge in [-0.15, -0.1) is 10.2 Å². The zero-order chi connectivity index (χ0) is 25.6. The molecule has 0 amide bonds. The molecule has 12 heteroatoms. The van der Waals surface area contributed by atoms with Crippen molar-refractivity contribution in [3.8, 4) is 11.6 Å². The number of nitrogens with zero attached hydrogens (tertiary/aromatic N) is 5. The molecule has 0 saturated heterocycles. The normalized spacial score (nSPS) is 14.6. The number of alkyl halides is 5. The lowest BCUT2D eigenvalue weighted by molar-refractivity contribution is -0.138. The lowest BCUT2D eigenvalue weighted by Gasteiger charge is -2.22. The third-order valence-electron chi connectivity index (χ3n) is 5.39. The van der Waals surface area contributed by atoms with E-state index >= 15 is 0 Å². The van der Waals surface area contributed by atoms with Gasteiger partial charge >= 0.3 is 12.6 Å². The molecule has 3 aromatic rings. The van der Waals surface area contributed by atoms with E-state index in [2.05, 4.69) is 34.1 Å². The first kappa shape index (κ1) is 26.4. The summed E-state index contributed by atoms with van der Waals surface area (Å²) in [5, 5.41) is 10.9. The molecule has 3 heterocycles. The van der Waals surface area contributed by atoms with Gasteiger partial charge in [0, 0.05) is 11.8 Å². The first-order valence-corrected chi connectivity index (χ1v) is 11.4. The Morgan fingerprint density at radius 1 is 1.14 bits per heavy atom. The molecule has 0 aromatic carbocycles. The minimum Gasteiger partial charge on any atom is -0.413 e. The first-order valence-electron chi connectivity index (χ1n) is 11.4. The molecule has 0 atom stereocenters. The summed E-state index contributed by atoms with van der Waals surface area (Å²) < 4.78 is 71.7. The van der Waals surface area contributed by atoms with E-state index in [1.54, 1.807) is 0 Å². The maximum atomic E-state index is 13.4. The molecule has 0 unspecified atom stereocenters. The average Bonchev–Trinajstić information content (AvgIpc) is 3.32. The number of rotatable bonds is 5. The van der Waals surface area contributed by atoms with Crippen LogP contribution < -0.4 is 5.56 Å². The topological polar surface area (TPSA) is 86.7 Å². The zero-order valence-electron chi connectivity index (χ0n) is 19.4. The van der Waals surface area contributed by atoms with Gasteiger partial charge in [0.15, 0.2) is 0 Å². The fourth-order valence-corrected chi connectivity index (χ4v) is 3.87. The van der Waals surface area contributed by atoms with Crippen LogP contribution in [0.1, 0.15) is 87.4 Å². The van der Waals surface area contributed by atoms with Crippen LogP contribution in [0.15, 0.2) is 33.6 Å². The Kier molecular flexibility index (Phi) is 8.68. The predicted molar refractivity (Wildman–Crippen MR) is 117 cm³/mol. The van der Waals surface area contributed by atoms with Crippen molar-refractivity contribution >= 4 is 0 Å². The van der Waals surface area contributed by atoms with E-state index in [4.69, 9.17) is 4.42 Å². The second-order valence-electron chi connectivity index (χ2n) is 8.23. The highest BCUT2D eigenvalue weighted by Gasteiger charge is 2.34. The van der Waals surface area contributed by atoms with Crippen LogP contribution in [0.5, 0.6) is 0 Å². The number of hydrogen-bond acceptors (Lipinski definition) is 6. The van der Waals surface area contributed by atoms with Gasteiger partial charge < -0.3 is 4.42 Å². The smallest absolute Gasteiger partial charge is 0.413 e. The Hall–Kier alpha value is -3.18. The average molecular weight is 499 g/mol. The van der Waals surface area contributed by atoms with Crippen LogP contribution in [0, 0.1) is 0 Å². The number of pyridine rings is 1. The molecule has 3 aromatic heterocycles. The molecule has 0 radical (unpaired) electrons. The molecule has 0 aliphatic heterocycles. The van der Waals surface area contributed by atoms with Crippen molar-refractivity contribution in [3.05, 3.63) is 57.5 Å². The molecule has 35 heavy (non-hydrogen) atoms. The van der Waals surface area contributed by atoms with Gasteiger partial charge in [-0.1, -0.05) is 39.5 Å². The Labute approximate surface area is 198 Å².